The van der Waals surface area contributed by atoms with E-state index in [-0.39, 0.29) is 5.24 Å². The van der Waals surface area contributed by atoms with Crippen molar-refractivity contribution in [2.24, 2.45) is 0 Å². The summed E-state index contributed by atoms with van der Waals surface area (Å²) in [6, 6.07) is 0. The molecule has 0 aromatic carbocycles. The predicted octanol–water partition coefficient (Wildman–Crippen LogP) is -0.224. The summed E-state index contributed by atoms with van der Waals surface area (Å²) in [5.41, 5.74) is 0. The molecule has 0 saturated carbocycles. The Labute approximate surface area is 45.1 Å². The summed E-state index contributed by atoms with van der Waals surface area (Å²) in [5.74, 6) is 0.429. The fourth-order valence-electron chi connectivity index (χ4n) is 0.342. The molecule has 0 aromatic heterocycles. The third kappa shape index (κ3) is 1.07. The molecule has 1 radical (unpaired) electrons. The van der Waals surface area contributed by atoms with Gasteiger partial charge in [0.25, 0.3) is 0 Å². The Morgan fingerprint density at radius 1 is 2.00 bits per heavy atom. The van der Waals surface area contributed by atoms with Crippen LogP contribution in [-0.2, 0) is 0 Å². The summed E-state index contributed by atoms with van der Waals surface area (Å²) >= 11 is 1.05. The Bertz CT molecular complexity index is 94.9. The summed E-state index contributed by atoms with van der Waals surface area (Å²) in [6.45, 7) is 0. The minimum Gasteiger partial charge on any atom is -0.371 e. The van der Waals surface area contributed by atoms with Crippen LogP contribution in [0.5, 0.6) is 0 Å². The lowest BCUT2D eigenvalue weighted by Gasteiger charge is -1.89. The normalized spacial score (nSPS) is 30.4. The molecule has 4 heteroatoms. The number of carbonyl (C=O) groups excluding carboxylic acids is 1. The van der Waals surface area contributed by atoms with Crippen molar-refractivity contribution in [3.63, 3.8) is 0 Å². The van der Waals surface area contributed by atoms with Gasteiger partial charge in [-0.05, 0) is 0 Å². The summed E-state index contributed by atoms with van der Waals surface area (Å²) in [7, 11) is 0. The molecule has 1 unspecified atom stereocenters. The standard InChI is InChI=1S/C3H4NO2S/c5-2-1-7-3(6)4-2/h2,5H,1H2. The van der Waals surface area contributed by atoms with Gasteiger partial charge in [-0.2, -0.15) is 0 Å². The largest absolute Gasteiger partial charge is 0.371 e. The molecule has 7 heavy (non-hydrogen) atoms. The molecule has 0 bridgehead atoms. The number of carbonyl (C=O) groups is 1. The molecule has 1 N–H and O–H groups in total. The molecule has 0 aromatic rings. The second-order valence-electron chi connectivity index (χ2n) is 1.19. The minimum atomic E-state index is -0.738. The SMILES string of the molecule is O=C1[N]C(O)CS1. The number of hydrogen-bond donors (Lipinski definition) is 1. The molecule has 1 heterocycles. The molecule has 1 saturated heterocycles. The highest BCUT2D eigenvalue weighted by Crippen LogP contribution is 2.11. The fourth-order valence-corrected chi connectivity index (χ4v) is 0.904. The highest BCUT2D eigenvalue weighted by molar-refractivity contribution is 8.13. The van der Waals surface area contributed by atoms with E-state index in [1.54, 1.807) is 0 Å². The molecular weight excluding hydrogens is 114 g/mol. The van der Waals surface area contributed by atoms with Crippen LogP contribution in [0.3, 0.4) is 0 Å². The van der Waals surface area contributed by atoms with Gasteiger partial charge in [-0.15, -0.1) is 0 Å². The smallest absolute Gasteiger partial charge is 0.303 e. The van der Waals surface area contributed by atoms with Crippen LogP contribution in [0, 0.1) is 0 Å². The van der Waals surface area contributed by atoms with E-state index in [0.717, 1.165) is 11.8 Å². The predicted molar refractivity (Wildman–Crippen MR) is 26.0 cm³/mol. The number of thioether (sulfide) groups is 1. The van der Waals surface area contributed by atoms with Gasteiger partial charge in [-0.1, -0.05) is 11.8 Å². The zero-order chi connectivity index (χ0) is 5.28. The number of nitrogens with zero attached hydrogens (tertiary/aromatic N) is 1. The number of aliphatic hydroxyl groups excluding tert-OH is 1. The lowest BCUT2D eigenvalue weighted by atomic mass is 10.7. The van der Waals surface area contributed by atoms with Crippen molar-refractivity contribution in [2.75, 3.05) is 5.75 Å². The maximum atomic E-state index is 10.1. The topological polar surface area (TPSA) is 51.4 Å². The van der Waals surface area contributed by atoms with Crippen LogP contribution in [0.4, 0.5) is 4.79 Å². The average Bonchev–Trinajstić information content (AvgIpc) is 1.87. The van der Waals surface area contributed by atoms with Gasteiger partial charge in [-0.3, -0.25) is 4.79 Å². The van der Waals surface area contributed by atoms with Gasteiger partial charge >= 0.3 is 5.24 Å². The Kier molecular flexibility index (Phi) is 1.21. The van der Waals surface area contributed by atoms with Crippen molar-refractivity contribution >= 4 is 17.0 Å². The fraction of sp³-hybridized carbons (Fsp3) is 0.667. The molecule has 0 aliphatic carbocycles. The van der Waals surface area contributed by atoms with Gasteiger partial charge < -0.3 is 5.11 Å². The molecule has 1 aliphatic rings. The van der Waals surface area contributed by atoms with E-state index in [0.29, 0.717) is 5.75 Å². The van der Waals surface area contributed by atoms with Gasteiger partial charge in [0, 0.05) is 5.75 Å². The van der Waals surface area contributed by atoms with E-state index < -0.39 is 6.23 Å². The summed E-state index contributed by atoms with van der Waals surface area (Å²) in [5, 5.41) is 11.5. The Balaban J connectivity index is 2.40. The third-order valence-electron chi connectivity index (χ3n) is 0.610. The average molecular weight is 118 g/mol. The molecule has 0 spiro atoms. The quantitative estimate of drug-likeness (QED) is 0.478. The second-order valence-corrected chi connectivity index (χ2v) is 2.16. The van der Waals surface area contributed by atoms with Crippen LogP contribution in [0.1, 0.15) is 0 Å². The molecule has 1 fully saturated rings. The van der Waals surface area contributed by atoms with Crippen LogP contribution in [0.2, 0.25) is 0 Å². The van der Waals surface area contributed by atoms with Crippen LogP contribution >= 0.6 is 11.8 Å². The first-order chi connectivity index (χ1) is 3.29. The van der Waals surface area contributed by atoms with E-state index in [1.807, 2.05) is 0 Å². The van der Waals surface area contributed by atoms with Gasteiger partial charge in [0.2, 0.25) is 0 Å². The van der Waals surface area contributed by atoms with Crippen LogP contribution in [0.15, 0.2) is 0 Å². The molecule has 3 nitrogen and oxygen atoms in total. The number of hydrogen-bond acceptors (Lipinski definition) is 3. The third-order valence-corrected chi connectivity index (χ3v) is 1.43. The van der Waals surface area contributed by atoms with Crippen molar-refractivity contribution in [3.8, 4) is 0 Å². The lowest BCUT2D eigenvalue weighted by Crippen LogP contribution is -2.16. The highest BCUT2D eigenvalue weighted by Gasteiger charge is 2.20. The van der Waals surface area contributed by atoms with E-state index >= 15 is 0 Å². The van der Waals surface area contributed by atoms with E-state index in [9.17, 15) is 4.79 Å². The van der Waals surface area contributed by atoms with Crippen molar-refractivity contribution in [2.45, 2.75) is 6.23 Å². The Hall–Kier alpha value is -0.220. The van der Waals surface area contributed by atoms with Crippen LogP contribution < -0.4 is 5.32 Å². The zero-order valence-corrected chi connectivity index (χ0v) is 4.31. The first-order valence-corrected chi connectivity index (χ1v) is 2.83. The molecule has 39 valence electrons. The van der Waals surface area contributed by atoms with Crippen LogP contribution in [0.25, 0.3) is 0 Å². The first-order valence-electron chi connectivity index (χ1n) is 1.85. The van der Waals surface area contributed by atoms with Crippen molar-refractivity contribution < 1.29 is 9.90 Å². The van der Waals surface area contributed by atoms with E-state index in [2.05, 4.69) is 5.32 Å². The highest BCUT2D eigenvalue weighted by atomic mass is 32.2. The van der Waals surface area contributed by atoms with Crippen molar-refractivity contribution in [1.29, 1.82) is 0 Å². The number of amides is 1. The Morgan fingerprint density at radius 3 is 2.86 bits per heavy atom. The van der Waals surface area contributed by atoms with E-state index in [1.165, 1.54) is 0 Å². The number of rotatable bonds is 0. The van der Waals surface area contributed by atoms with E-state index in [4.69, 9.17) is 5.11 Å². The first kappa shape index (κ1) is 4.93. The molecule has 1 amide bonds. The summed E-state index contributed by atoms with van der Waals surface area (Å²) < 4.78 is 0. The molecule has 1 atom stereocenters. The molecular formula is C3H4NO2S. The van der Waals surface area contributed by atoms with Gasteiger partial charge in [-0.25, -0.2) is 5.32 Å². The monoisotopic (exact) mass is 118 g/mol. The summed E-state index contributed by atoms with van der Waals surface area (Å²) in [6.07, 6.45) is -0.738. The van der Waals surface area contributed by atoms with Gasteiger partial charge in [0.15, 0.2) is 6.23 Å². The zero-order valence-electron chi connectivity index (χ0n) is 3.50. The minimum absolute atomic E-state index is 0.257. The van der Waals surface area contributed by atoms with Gasteiger partial charge in [0.1, 0.15) is 0 Å². The number of aliphatic hydroxyl groups is 1. The van der Waals surface area contributed by atoms with Crippen LogP contribution in [-0.4, -0.2) is 22.3 Å². The maximum Gasteiger partial charge on any atom is 0.303 e. The maximum absolute atomic E-state index is 10.1. The van der Waals surface area contributed by atoms with Gasteiger partial charge in [0.05, 0.1) is 0 Å². The Morgan fingerprint density at radius 2 is 2.71 bits per heavy atom. The second kappa shape index (κ2) is 1.71. The molecule has 1 rings (SSSR count). The molecule has 1 aliphatic heterocycles. The van der Waals surface area contributed by atoms with Crippen molar-refractivity contribution in [1.82, 2.24) is 5.32 Å². The van der Waals surface area contributed by atoms with Crippen molar-refractivity contribution in [3.05, 3.63) is 0 Å². The lowest BCUT2D eigenvalue weighted by molar-refractivity contribution is 0.172. The summed E-state index contributed by atoms with van der Waals surface area (Å²) in [4.78, 5) is 10.1.